The highest BCUT2D eigenvalue weighted by molar-refractivity contribution is 5.81. The Bertz CT molecular complexity index is 1880. The molecule has 354 valence electrons. The van der Waals surface area contributed by atoms with Gasteiger partial charge in [-0.3, -0.25) is 4.68 Å². The summed E-state index contributed by atoms with van der Waals surface area (Å²) in [5, 5.41) is 115. The summed E-state index contributed by atoms with van der Waals surface area (Å²) in [5.41, 5.74) is 7.35. The zero-order chi connectivity index (χ0) is 45.4. The molecule has 0 saturated carbocycles. The van der Waals surface area contributed by atoms with E-state index in [-0.39, 0.29) is 19.0 Å². The Morgan fingerprint density at radius 3 is 2.05 bits per heavy atom. The third-order valence-electron chi connectivity index (χ3n) is 10.8. The third kappa shape index (κ3) is 11.7. The summed E-state index contributed by atoms with van der Waals surface area (Å²) in [6.45, 7) is 0.492. The molecular formula is C36H57N9O18. The number of aryl methyl sites for hydroxylation is 1. The first kappa shape index (κ1) is 48.6. The highest BCUT2D eigenvalue weighted by atomic mass is 16.8. The second kappa shape index (κ2) is 22.3. The molecule has 3 aliphatic heterocycles. The van der Waals surface area contributed by atoms with E-state index in [9.17, 15) is 55.9 Å². The molecule has 1 amide bonds. The zero-order valence-electron chi connectivity index (χ0n) is 34.2. The summed E-state index contributed by atoms with van der Waals surface area (Å²) in [6.07, 6.45) is -18.5. The molecule has 13 N–H and O–H groups in total. The number of anilines is 1. The lowest BCUT2D eigenvalue weighted by Gasteiger charge is -2.48. The first-order valence-corrected chi connectivity index (χ1v) is 20.5. The number of nitrogens with one attached hydrogen (secondary N) is 1. The fourth-order valence-corrected chi connectivity index (χ4v) is 7.37. The van der Waals surface area contributed by atoms with E-state index in [4.69, 9.17) is 38.9 Å². The van der Waals surface area contributed by atoms with E-state index in [2.05, 4.69) is 30.6 Å². The molecule has 0 aromatic carbocycles. The highest BCUT2D eigenvalue weighted by Crippen LogP contribution is 2.33. The van der Waals surface area contributed by atoms with Crippen LogP contribution in [0.5, 0.6) is 0 Å². The molecule has 3 aromatic rings. The molecule has 6 rings (SSSR count). The largest absolute Gasteiger partial charge is 0.445 e. The number of hydrogen-bond acceptors (Lipinski definition) is 24. The van der Waals surface area contributed by atoms with Gasteiger partial charge in [-0.1, -0.05) is 18.1 Å². The Labute approximate surface area is 358 Å². The van der Waals surface area contributed by atoms with Gasteiger partial charge in [0.25, 0.3) is 0 Å². The number of nitrogens with two attached hydrogens (primary N) is 1. The molecule has 0 aliphatic carbocycles. The molecule has 0 spiro atoms. The van der Waals surface area contributed by atoms with Crippen molar-refractivity contribution in [3.8, 4) is 0 Å². The third-order valence-corrected chi connectivity index (χ3v) is 10.8. The summed E-state index contributed by atoms with van der Waals surface area (Å²) in [7, 11) is 0. The Balaban J connectivity index is 0.871. The van der Waals surface area contributed by atoms with Crippen molar-refractivity contribution in [3.63, 3.8) is 0 Å². The van der Waals surface area contributed by atoms with Gasteiger partial charge >= 0.3 is 6.09 Å². The van der Waals surface area contributed by atoms with Crippen molar-refractivity contribution in [2.45, 2.75) is 150 Å². The first-order chi connectivity index (χ1) is 30.2. The van der Waals surface area contributed by atoms with Crippen molar-refractivity contribution >= 4 is 23.1 Å². The molecule has 6 unspecified atom stereocenters. The monoisotopic (exact) mass is 903 g/mol. The molecule has 3 saturated heterocycles. The van der Waals surface area contributed by atoms with Crippen molar-refractivity contribution in [2.24, 2.45) is 0 Å². The number of nitrogen functional groups attached to an aromatic ring is 1. The van der Waals surface area contributed by atoms with Crippen LogP contribution in [-0.4, -0.2) is 216 Å². The normalized spacial score (nSPS) is 34.2. The zero-order valence-corrected chi connectivity index (χ0v) is 34.2. The van der Waals surface area contributed by atoms with Gasteiger partial charge < -0.3 is 99.8 Å². The van der Waals surface area contributed by atoms with Crippen LogP contribution in [-0.2, 0) is 52.8 Å². The molecule has 6 heterocycles. The SMILES string of the molecule is C[C@H](Cn1cnc2c(N)ncnc21)OC(=O)NCc1cn(CCCCCCO[C@@H]2OC(CO)[C@@H](O[C@H]3OC(CO)[C@@H](O[C@H]4OC(CO)[C@@H](O)C(O)[C@@H]4O)C(O)[C@@H]3O)[C@H](O)C2O)nn1. The molecule has 27 nitrogen and oxygen atoms in total. The number of hydrogen-bond donors (Lipinski definition) is 12. The number of aromatic nitrogens is 7. The van der Waals surface area contributed by atoms with Gasteiger partial charge in [-0.25, -0.2) is 19.7 Å². The van der Waals surface area contributed by atoms with Crippen LogP contribution in [0.15, 0.2) is 18.9 Å². The quantitative estimate of drug-likeness (QED) is 0.0470. The van der Waals surface area contributed by atoms with Gasteiger partial charge in [-0.2, -0.15) is 0 Å². The van der Waals surface area contributed by atoms with Gasteiger partial charge in [-0.15, -0.1) is 5.10 Å². The van der Waals surface area contributed by atoms with Crippen molar-refractivity contribution in [3.05, 3.63) is 24.5 Å². The molecule has 63 heavy (non-hydrogen) atoms. The number of carbonyl (C=O) groups excluding carboxylic acids is 1. The number of nitrogens with zero attached hydrogens (tertiary/aromatic N) is 7. The smallest absolute Gasteiger partial charge is 0.407 e. The molecule has 27 heteroatoms. The number of aliphatic hydroxyl groups is 10. The first-order valence-electron chi connectivity index (χ1n) is 20.5. The van der Waals surface area contributed by atoms with Gasteiger partial charge in [0.15, 0.2) is 30.3 Å². The number of fused-ring (bicyclic) bond motifs is 1. The Hall–Kier alpha value is -3.88. The van der Waals surface area contributed by atoms with Crippen LogP contribution >= 0.6 is 0 Å². The predicted octanol–water partition coefficient (Wildman–Crippen LogP) is -5.66. The van der Waals surface area contributed by atoms with Gasteiger partial charge in [0, 0.05) is 13.2 Å². The van der Waals surface area contributed by atoms with Crippen molar-refractivity contribution in [1.29, 1.82) is 0 Å². The number of unbranched alkanes of at least 4 members (excludes halogenated alkanes) is 3. The van der Waals surface area contributed by atoms with E-state index in [1.54, 1.807) is 28.7 Å². The number of rotatable bonds is 20. The summed E-state index contributed by atoms with van der Waals surface area (Å²) >= 11 is 0. The van der Waals surface area contributed by atoms with Crippen LogP contribution in [0.1, 0.15) is 38.3 Å². The second-order valence-corrected chi connectivity index (χ2v) is 15.5. The van der Waals surface area contributed by atoms with Gasteiger partial charge in [-0.05, 0) is 19.8 Å². The van der Waals surface area contributed by atoms with Crippen LogP contribution in [0, 0.1) is 0 Å². The lowest BCUT2D eigenvalue weighted by atomic mass is 9.96. The Kier molecular flexibility index (Phi) is 17.2. The minimum absolute atomic E-state index is 0.102. The number of ether oxygens (including phenoxy) is 7. The van der Waals surface area contributed by atoms with E-state index < -0.39 is 124 Å². The topological polar surface area (TPSA) is 396 Å². The number of amides is 1. The van der Waals surface area contributed by atoms with E-state index in [1.807, 2.05) is 0 Å². The predicted molar refractivity (Wildman–Crippen MR) is 206 cm³/mol. The molecular weight excluding hydrogens is 846 g/mol. The summed E-state index contributed by atoms with van der Waals surface area (Å²) in [5.74, 6) is 0.257. The van der Waals surface area contributed by atoms with E-state index >= 15 is 0 Å². The van der Waals surface area contributed by atoms with Crippen molar-refractivity contribution in [1.82, 2.24) is 39.8 Å². The molecule has 3 fully saturated rings. The molecule has 3 aromatic heterocycles. The van der Waals surface area contributed by atoms with Crippen molar-refractivity contribution < 1.29 is 89.0 Å². The molecule has 3 aliphatic rings. The van der Waals surface area contributed by atoms with E-state index in [0.717, 1.165) is 19.3 Å². The van der Waals surface area contributed by atoms with E-state index in [1.165, 1.54) is 6.33 Å². The van der Waals surface area contributed by atoms with Gasteiger partial charge in [0.05, 0.1) is 45.4 Å². The van der Waals surface area contributed by atoms with Crippen LogP contribution in [0.2, 0.25) is 0 Å². The van der Waals surface area contributed by atoms with Crippen LogP contribution < -0.4 is 11.1 Å². The number of aliphatic hydroxyl groups excluding tert-OH is 10. The Morgan fingerprint density at radius 2 is 1.38 bits per heavy atom. The lowest BCUT2D eigenvalue weighted by molar-refractivity contribution is -0.379. The van der Waals surface area contributed by atoms with E-state index in [0.29, 0.717) is 36.4 Å². The van der Waals surface area contributed by atoms with Crippen LogP contribution in [0.3, 0.4) is 0 Å². The fourth-order valence-electron chi connectivity index (χ4n) is 7.37. The minimum Gasteiger partial charge on any atom is -0.445 e. The average molecular weight is 904 g/mol. The number of alkyl carbamates (subject to hydrolysis) is 1. The summed E-state index contributed by atoms with van der Waals surface area (Å²) in [6, 6.07) is 0. The highest BCUT2D eigenvalue weighted by Gasteiger charge is 2.53. The fraction of sp³-hybridized carbons (Fsp3) is 0.778. The summed E-state index contributed by atoms with van der Waals surface area (Å²) in [4.78, 5) is 24.7. The second-order valence-electron chi connectivity index (χ2n) is 15.5. The minimum atomic E-state index is -1.94. The maximum absolute atomic E-state index is 12.4. The van der Waals surface area contributed by atoms with Crippen molar-refractivity contribution in [2.75, 3.05) is 32.2 Å². The number of imidazole rings is 1. The van der Waals surface area contributed by atoms with Gasteiger partial charge in [0.1, 0.15) is 96.9 Å². The van der Waals surface area contributed by atoms with Gasteiger partial charge in [0.2, 0.25) is 0 Å². The number of carbonyl (C=O) groups is 1. The van der Waals surface area contributed by atoms with Crippen LogP contribution in [0.4, 0.5) is 10.6 Å². The molecule has 16 atom stereocenters. The lowest BCUT2D eigenvalue weighted by Crippen LogP contribution is -2.66. The molecule has 0 radical (unpaired) electrons. The maximum atomic E-state index is 12.4. The van der Waals surface area contributed by atoms with Crippen LogP contribution in [0.25, 0.3) is 11.2 Å². The standard InChI is InChI=1S/C36H57N9O18/c1-16(9-44-15-41-21-31(37)39-14-40-32(21)44)58-36(56)38-8-17-10-45(43-42-17)6-4-2-3-5-7-57-33-27(54)24(51)29(19(12-47)60-33)63-35-28(55)25(52)30(20(13-48)61-35)62-34-26(53)23(50)22(49)18(11-46)59-34/h10,14-16,18-20,22-30,33-35,46-55H,2-9,11-13H2,1H3,(H,38,56)(H2,37,39,40)/t16-,18?,19?,20?,22-,23?,24-,25?,26+,27?,28+,29-,30-,33-,34-,35-/m1/s1. The maximum Gasteiger partial charge on any atom is 0.407 e. The molecule has 0 bridgehead atoms. The Morgan fingerprint density at radius 1 is 0.778 bits per heavy atom. The average Bonchev–Trinajstić information content (AvgIpc) is 3.91. The summed E-state index contributed by atoms with van der Waals surface area (Å²) < 4.78 is 42.3.